The number of carbonyl (C=O) groups is 2. The van der Waals surface area contributed by atoms with Crippen molar-refractivity contribution in [1.82, 2.24) is 29.9 Å². The predicted molar refractivity (Wildman–Crippen MR) is 474 cm³/mol. The Kier molecular flexibility index (Phi) is 32.6. The van der Waals surface area contributed by atoms with E-state index >= 15 is 0 Å². The fourth-order valence-electron chi connectivity index (χ4n) is 13.6. The number of halogens is 3. The van der Waals surface area contributed by atoms with Gasteiger partial charge in [-0.15, -0.1) is 18.0 Å². The van der Waals surface area contributed by atoms with Crippen LogP contribution in [0, 0.1) is 14.5 Å². The van der Waals surface area contributed by atoms with Gasteiger partial charge in [-0.05, 0) is 83.4 Å². The first kappa shape index (κ1) is 98.5. The van der Waals surface area contributed by atoms with Crippen molar-refractivity contribution in [1.29, 1.82) is 0 Å². The molecular weight excluding hydrogens is 1650 g/mol. The maximum Gasteiger partial charge on any atom is 1.00 e. The minimum absolute atomic E-state index is 0. The number of hydrogen-bond donors (Lipinski definition) is 2. The SMILES string of the molecule is COc1cc2cc(B(C)C)cnc2cc1OC.COc1cc2cc(B(O)O)cnc2cc1OC.COc1cc2cc(B3OC(C)(C)C(C)(C)O3)cnc2cc1OC.COc1cc2cc([B-](F)(F)F)cnc2cc1OC.COc1cc2cc([B-]34OCC(C)(CO3)O4)cnc2cc1OC.[CH2-][N+]1(C)CC(=O)O[BH-](c2cnc3cc(OC)c(OC)cc3c2)OC(=O)C1.[CH3+].[K+]. The average molecular weight is 1750 g/mol. The molecule has 16 rings (SSSR count). The molecule has 0 unspecified atom stereocenters. The summed E-state index contributed by atoms with van der Waals surface area (Å²) in [4.78, 5) is 49.9. The Morgan fingerprint density at radius 1 is 0.448 bits per heavy atom. The minimum Gasteiger partial charge on any atom is -0.651 e. The Morgan fingerprint density at radius 3 is 1.11 bits per heavy atom. The van der Waals surface area contributed by atoms with Gasteiger partial charge >= 0.3 is 98.4 Å². The Labute approximate surface area is 767 Å². The predicted octanol–water partition coefficient (Wildman–Crippen LogP) is 5.71. The maximum atomic E-state index is 12.6. The number of aromatic nitrogens is 6. The quantitative estimate of drug-likeness (QED) is 0.0590. The van der Waals surface area contributed by atoms with Crippen LogP contribution in [0.3, 0.4) is 0 Å². The third-order valence-electron chi connectivity index (χ3n) is 21.2. The van der Waals surface area contributed by atoms with E-state index in [4.69, 9.17) is 99.5 Å². The van der Waals surface area contributed by atoms with Crippen LogP contribution in [-0.4, -0.2) is 234 Å². The molecule has 40 heteroatoms. The molecule has 654 valence electrons. The molecule has 6 aromatic carbocycles. The van der Waals surface area contributed by atoms with Gasteiger partial charge in [-0.25, -0.2) is 0 Å². The van der Waals surface area contributed by atoms with E-state index in [2.05, 4.69) is 56.7 Å². The molecule has 4 fully saturated rings. The van der Waals surface area contributed by atoms with Crippen LogP contribution in [0.15, 0.2) is 146 Å². The Morgan fingerprint density at radius 2 is 0.760 bits per heavy atom. The van der Waals surface area contributed by atoms with Gasteiger partial charge in [-0.2, -0.15) is 0 Å². The number of ether oxygens (including phenoxy) is 12. The van der Waals surface area contributed by atoms with Gasteiger partial charge in [0.1, 0.15) is 13.1 Å². The first-order chi connectivity index (χ1) is 58.4. The van der Waals surface area contributed by atoms with Crippen LogP contribution in [0.1, 0.15) is 34.6 Å². The summed E-state index contributed by atoms with van der Waals surface area (Å²) in [5.41, 5.74) is 6.35. The van der Waals surface area contributed by atoms with E-state index < -0.39 is 52.5 Å². The van der Waals surface area contributed by atoms with Crippen molar-refractivity contribution in [3.05, 3.63) is 161 Å². The molecular formula is C85H100B6F3KN7O23-. The van der Waals surface area contributed by atoms with Gasteiger partial charge in [0, 0.05) is 132 Å². The van der Waals surface area contributed by atoms with E-state index in [0.717, 1.165) is 72.4 Å². The zero-order valence-electron chi connectivity index (χ0n) is 74.2. The molecule has 0 spiro atoms. The van der Waals surface area contributed by atoms with Gasteiger partial charge in [-0.1, -0.05) is 61.0 Å². The summed E-state index contributed by atoms with van der Waals surface area (Å²) in [6.45, 7) is 9.06. The van der Waals surface area contributed by atoms with Crippen LogP contribution in [-0.2, 0) is 42.2 Å². The van der Waals surface area contributed by atoms with E-state index in [1.165, 1.54) is 38.1 Å². The van der Waals surface area contributed by atoms with Crippen LogP contribution in [0.2, 0.25) is 13.6 Å². The zero-order chi connectivity index (χ0) is 89.3. The number of benzene rings is 6. The molecule has 0 atom stereocenters. The second kappa shape index (κ2) is 41.4. The third-order valence-corrected chi connectivity index (χ3v) is 21.2. The molecule has 0 radical (unpaired) electrons. The second-order valence-electron chi connectivity index (χ2n) is 31.0. The Balaban J connectivity index is 0.000000170. The minimum atomic E-state index is -5.05. The van der Waals surface area contributed by atoms with Gasteiger partial charge in [0.15, 0.2) is 75.7 Å². The molecule has 0 saturated carbocycles. The summed E-state index contributed by atoms with van der Waals surface area (Å²) in [5, 5.41) is 23.0. The van der Waals surface area contributed by atoms with Crippen molar-refractivity contribution < 1.29 is 178 Å². The molecule has 4 aliphatic rings. The number of nitrogens with zero attached hydrogens (tertiary/aromatic N) is 7. The van der Waals surface area contributed by atoms with Gasteiger partial charge < -0.3 is 117 Å². The largest absolute Gasteiger partial charge is 1.00 e. The fourth-order valence-corrected chi connectivity index (χ4v) is 13.6. The zero-order valence-corrected chi connectivity index (χ0v) is 77.3. The number of carbonyl (C=O) groups excluding carboxylic acids is 2. The Bertz CT molecular complexity index is 5710. The normalized spacial score (nSPS) is 18.2. The van der Waals surface area contributed by atoms with Crippen molar-refractivity contribution in [2.24, 2.45) is 0 Å². The molecule has 4 aliphatic heterocycles. The van der Waals surface area contributed by atoms with E-state index in [9.17, 15) is 22.5 Å². The molecule has 125 heavy (non-hydrogen) atoms. The van der Waals surface area contributed by atoms with E-state index in [-0.39, 0.29) is 93.2 Å². The molecule has 2 N–H and O–H groups in total. The number of methoxy groups -OCH3 is 12. The first-order valence-corrected chi connectivity index (χ1v) is 38.8. The third kappa shape index (κ3) is 22.9. The molecule has 12 aromatic rings. The van der Waals surface area contributed by atoms with E-state index in [1.807, 2.05) is 89.3 Å². The van der Waals surface area contributed by atoms with Crippen LogP contribution in [0.4, 0.5) is 12.9 Å². The monoisotopic (exact) mass is 1750 g/mol. The first-order valence-electron chi connectivity index (χ1n) is 38.8. The molecule has 10 heterocycles. The molecule has 0 amide bonds. The molecule has 6 aromatic heterocycles. The molecule has 0 aliphatic carbocycles. The van der Waals surface area contributed by atoms with Gasteiger partial charge in [0.2, 0.25) is 0 Å². The van der Waals surface area contributed by atoms with Crippen molar-refractivity contribution in [2.45, 2.75) is 65.1 Å². The number of likely N-dealkylation sites (N-methyl/N-ethyl adjacent to an activating group) is 1. The van der Waals surface area contributed by atoms with Gasteiger partial charge in [0.25, 0.3) is 0 Å². The standard InChI is InChI=1S/C17H20BN2O6.C17H22BNO4.C15H17BNO5.C13H16BNO2.C11H10BF3NO2.C11H12BNO4.CH3.K/c1-20(2)9-16(21)25-18(26-17(22)10-20)12-5-11-6-14(23-3)15(24-4)7-13(11)19-8-12;1-16(2)17(3,4)23-18(22-16)12-7-11-8-14(20-5)15(21-6)9-13(11)19-10-12;1-15-8-20-16(22-15,21-9-15)11-4-10-5-13(18-2)14(19-3)6-12(10)17-7-11;1-14(2)10-5-9-6-12(16-3)13(17-4)7-11(9)15-8-10;1-17-10-4-7-3-8(12(13,14)15)6-16-9(7)5-11(10)18-2;1-16-10-4-7-3-8(12(14)15)6-13-9(7)5-11(10)17-2;;/h5-8,18H,1,9-10H2,2-4H3;7-10H,1-6H3;4-7H,8-9H2,1-3H3;5-8H,1-4H3;3-6H,1-2H3;3-6,14-15H,1-2H3;1H3;/q-1;;-1;;-1;;2*+1. The van der Waals surface area contributed by atoms with Crippen molar-refractivity contribution in [2.75, 3.05) is 119 Å². The second-order valence-corrected chi connectivity index (χ2v) is 31.0. The summed E-state index contributed by atoms with van der Waals surface area (Å²) in [7, 11) is 20.2. The summed E-state index contributed by atoms with van der Waals surface area (Å²) in [5.74, 6) is 6.23. The smallest absolute Gasteiger partial charge is 0.651 e. The topological polar surface area (TPSA) is 327 Å². The summed E-state index contributed by atoms with van der Waals surface area (Å²) < 4.78 is 141. The molecule has 4 saturated heterocycles. The number of fused-ring (bicyclic) bond motifs is 8. The van der Waals surface area contributed by atoms with Gasteiger partial charge in [-0.3, -0.25) is 39.5 Å². The molecule has 30 nitrogen and oxygen atoms in total. The maximum absolute atomic E-state index is 12.6. The summed E-state index contributed by atoms with van der Waals surface area (Å²) >= 11 is 0. The van der Waals surface area contributed by atoms with Crippen molar-refractivity contribution in [3.8, 4) is 69.0 Å². The summed E-state index contributed by atoms with van der Waals surface area (Å²) in [6.07, 6.45) is 9.22. The van der Waals surface area contributed by atoms with Crippen LogP contribution in [0.25, 0.3) is 65.4 Å². The number of rotatable bonds is 18. The van der Waals surface area contributed by atoms with Crippen LogP contribution >= 0.6 is 0 Å². The average Bonchev–Trinajstić information content (AvgIpc) is 1.58. The fraction of sp³-hybridized carbons (Fsp3) is 0.318. The van der Waals surface area contributed by atoms with Crippen LogP contribution in [0.5, 0.6) is 69.0 Å². The van der Waals surface area contributed by atoms with Crippen LogP contribution < -0.4 is 141 Å². The van der Waals surface area contributed by atoms with Gasteiger partial charge in [0.05, 0.1) is 135 Å². The van der Waals surface area contributed by atoms with E-state index in [0.29, 0.717) is 116 Å². The number of hydrogen-bond acceptors (Lipinski definition) is 29. The van der Waals surface area contributed by atoms with Crippen molar-refractivity contribution >= 4 is 152 Å². The number of pyridine rings is 6. The molecule has 2 bridgehead atoms. The van der Waals surface area contributed by atoms with Crippen molar-refractivity contribution in [3.63, 3.8) is 0 Å². The Hall–Kier alpha value is -10.3. The number of quaternary nitrogens is 1. The van der Waals surface area contributed by atoms with E-state index in [1.54, 1.807) is 133 Å². The summed E-state index contributed by atoms with van der Waals surface area (Å²) in [6, 6.07) is 32.0.